The third kappa shape index (κ3) is 3.87. The third-order valence-electron chi connectivity index (χ3n) is 3.05. The number of carbonyl (C=O) groups is 1. The molecule has 22 heavy (non-hydrogen) atoms. The highest BCUT2D eigenvalue weighted by atomic mass is 35.5. The van der Waals surface area contributed by atoms with Gasteiger partial charge in [-0.15, -0.1) is 0 Å². The minimum atomic E-state index is -0.346. The van der Waals surface area contributed by atoms with Gasteiger partial charge in [0.25, 0.3) is 0 Å². The van der Waals surface area contributed by atoms with E-state index in [9.17, 15) is 4.79 Å². The molecule has 1 aliphatic heterocycles. The average Bonchev–Trinajstić information content (AvgIpc) is 2.89. The Bertz CT molecular complexity index is 636. The van der Waals surface area contributed by atoms with Gasteiger partial charge in [-0.3, -0.25) is 0 Å². The number of hydrogen-bond donors (Lipinski definition) is 0. The third-order valence-corrected chi connectivity index (χ3v) is 4.30. The molecule has 3 rings (SSSR count). The van der Waals surface area contributed by atoms with Crippen LogP contribution in [0, 0.1) is 0 Å². The zero-order chi connectivity index (χ0) is 15.4. The van der Waals surface area contributed by atoms with Crippen molar-refractivity contribution in [2.75, 3.05) is 13.2 Å². The summed E-state index contributed by atoms with van der Waals surface area (Å²) in [6, 6.07) is 16.8. The molecule has 6 heteroatoms. The molecule has 0 bridgehead atoms. The monoisotopic (exact) mass is 335 g/mol. The molecule has 2 aromatic rings. The van der Waals surface area contributed by atoms with Gasteiger partial charge >= 0.3 is 6.09 Å². The van der Waals surface area contributed by atoms with Gasteiger partial charge in [-0.05, 0) is 48.3 Å². The van der Waals surface area contributed by atoms with Crippen molar-refractivity contribution >= 4 is 29.6 Å². The van der Waals surface area contributed by atoms with Crippen molar-refractivity contribution in [3.8, 4) is 5.75 Å². The number of para-hydroxylation sites is 1. The topological polar surface area (TPSA) is 38.8 Å². The van der Waals surface area contributed by atoms with Crippen LogP contribution in [-0.2, 0) is 4.74 Å². The fourth-order valence-electron chi connectivity index (χ4n) is 1.99. The van der Waals surface area contributed by atoms with Crippen LogP contribution in [0.25, 0.3) is 0 Å². The van der Waals surface area contributed by atoms with E-state index in [4.69, 9.17) is 21.1 Å². The van der Waals surface area contributed by atoms with Gasteiger partial charge in [0.1, 0.15) is 12.4 Å². The Morgan fingerprint density at radius 3 is 2.64 bits per heavy atom. The molecular weight excluding hydrogens is 322 g/mol. The van der Waals surface area contributed by atoms with E-state index in [1.165, 1.54) is 11.9 Å². The molecule has 1 amide bonds. The predicted molar refractivity (Wildman–Crippen MR) is 86.2 cm³/mol. The molecule has 114 valence electrons. The minimum absolute atomic E-state index is 0.271. The molecule has 1 unspecified atom stereocenters. The second-order valence-corrected chi connectivity index (χ2v) is 6.27. The first-order chi connectivity index (χ1) is 10.7. The van der Waals surface area contributed by atoms with E-state index in [1.807, 2.05) is 42.5 Å². The lowest BCUT2D eigenvalue weighted by Crippen LogP contribution is -2.22. The first-order valence-corrected chi connectivity index (χ1v) is 7.95. The molecule has 2 aromatic carbocycles. The summed E-state index contributed by atoms with van der Waals surface area (Å²) in [5, 5.41) is 0.669. The van der Waals surface area contributed by atoms with Crippen molar-refractivity contribution in [1.29, 1.82) is 0 Å². The number of benzene rings is 2. The lowest BCUT2D eigenvalue weighted by Gasteiger charge is -2.12. The minimum Gasteiger partial charge on any atom is -0.490 e. The van der Waals surface area contributed by atoms with Crippen molar-refractivity contribution in [1.82, 2.24) is 4.31 Å². The fourth-order valence-corrected chi connectivity index (χ4v) is 2.98. The van der Waals surface area contributed by atoms with Crippen LogP contribution < -0.4 is 4.74 Å². The molecule has 0 saturated carbocycles. The van der Waals surface area contributed by atoms with Crippen molar-refractivity contribution in [2.45, 2.75) is 11.0 Å². The Balaban J connectivity index is 1.53. The lowest BCUT2D eigenvalue weighted by atomic mass is 10.3. The van der Waals surface area contributed by atoms with Crippen molar-refractivity contribution < 1.29 is 14.3 Å². The maximum Gasteiger partial charge on any atom is 0.420 e. The highest BCUT2D eigenvalue weighted by Crippen LogP contribution is 2.28. The lowest BCUT2D eigenvalue weighted by molar-refractivity contribution is 0.104. The van der Waals surface area contributed by atoms with E-state index < -0.39 is 0 Å². The SMILES string of the molecule is O=C1OC(COc2ccccc2)CN1Sc1ccc(Cl)cc1. The molecule has 1 saturated heterocycles. The molecule has 0 radical (unpaired) electrons. The maximum atomic E-state index is 11.9. The van der Waals surface area contributed by atoms with Crippen molar-refractivity contribution in [3.63, 3.8) is 0 Å². The summed E-state index contributed by atoms with van der Waals surface area (Å²) in [6.07, 6.45) is -0.617. The van der Waals surface area contributed by atoms with Gasteiger partial charge in [0.05, 0.1) is 6.54 Å². The van der Waals surface area contributed by atoms with E-state index in [2.05, 4.69) is 0 Å². The molecule has 1 aliphatic rings. The number of rotatable bonds is 5. The second kappa shape index (κ2) is 6.94. The second-order valence-electron chi connectivity index (χ2n) is 4.74. The van der Waals surface area contributed by atoms with E-state index in [1.54, 1.807) is 16.4 Å². The Kier molecular flexibility index (Phi) is 4.75. The standard InChI is InChI=1S/C16H14ClNO3S/c17-12-6-8-15(9-7-12)22-18-10-14(21-16(18)19)11-20-13-4-2-1-3-5-13/h1-9,14H,10-11H2. The van der Waals surface area contributed by atoms with Gasteiger partial charge in [0.15, 0.2) is 6.10 Å². The first kappa shape index (κ1) is 15.1. The summed E-state index contributed by atoms with van der Waals surface area (Å²) in [4.78, 5) is 12.8. The van der Waals surface area contributed by atoms with E-state index in [0.717, 1.165) is 10.6 Å². The quantitative estimate of drug-likeness (QED) is 0.766. The highest BCUT2D eigenvalue weighted by molar-refractivity contribution is 7.97. The van der Waals surface area contributed by atoms with Gasteiger partial charge < -0.3 is 9.47 Å². The molecule has 1 heterocycles. The van der Waals surface area contributed by atoms with Crippen LogP contribution >= 0.6 is 23.5 Å². The number of carbonyl (C=O) groups excluding carboxylic acids is 1. The molecule has 0 spiro atoms. The molecule has 0 aliphatic carbocycles. The number of hydrogen-bond acceptors (Lipinski definition) is 4. The van der Waals surface area contributed by atoms with Gasteiger partial charge in [0.2, 0.25) is 0 Å². The molecule has 1 fully saturated rings. The zero-order valence-corrected chi connectivity index (χ0v) is 13.2. The summed E-state index contributed by atoms with van der Waals surface area (Å²) in [7, 11) is 0. The maximum absolute atomic E-state index is 11.9. The van der Waals surface area contributed by atoms with Crippen LogP contribution in [0.4, 0.5) is 4.79 Å². The Morgan fingerprint density at radius 1 is 1.18 bits per heavy atom. The Hall–Kier alpha value is -1.85. The summed E-state index contributed by atoms with van der Waals surface area (Å²) < 4.78 is 12.5. The zero-order valence-electron chi connectivity index (χ0n) is 11.6. The fraction of sp³-hybridized carbons (Fsp3) is 0.188. The molecule has 1 atom stereocenters. The average molecular weight is 336 g/mol. The molecule has 4 nitrogen and oxygen atoms in total. The van der Waals surface area contributed by atoms with Crippen LogP contribution in [0.1, 0.15) is 0 Å². The number of ether oxygens (including phenoxy) is 2. The number of halogens is 1. The highest BCUT2D eigenvalue weighted by Gasteiger charge is 2.32. The number of amides is 1. The molecular formula is C16H14ClNO3S. The van der Waals surface area contributed by atoms with Crippen LogP contribution in [0.2, 0.25) is 5.02 Å². The van der Waals surface area contributed by atoms with Gasteiger partial charge in [-0.1, -0.05) is 29.8 Å². The Labute approximate surface area is 138 Å². The van der Waals surface area contributed by atoms with E-state index in [0.29, 0.717) is 18.2 Å². The van der Waals surface area contributed by atoms with Crippen LogP contribution in [0.15, 0.2) is 59.5 Å². The van der Waals surface area contributed by atoms with Crippen LogP contribution in [0.5, 0.6) is 5.75 Å². The van der Waals surface area contributed by atoms with Gasteiger partial charge in [-0.25, -0.2) is 9.10 Å². The van der Waals surface area contributed by atoms with E-state index in [-0.39, 0.29) is 12.2 Å². The number of cyclic esters (lactones) is 1. The molecule has 0 N–H and O–H groups in total. The first-order valence-electron chi connectivity index (χ1n) is 6.80. The van der Waals surface area contributed by atoms with Crippen molar-refractivity contribution in [2.24, 2.45) is 0 Å². The largest absolute Gasteiger partial charge is 0.490 e. The summed E-state index contributed by atoms with van der Waals surface area (Å²) >= 11 is 7.19. The summed E-state index contributed by atoms with van der Waals surface area (Å²) in [6.45, 7) is 0.826. The number of nitrogens with zero attached hydrogens (tertiary/aromatic N) is 1. The smallest absolute Gasteiger partial charge is 0.420 e. The molecule has 0 aromatic heterocycles. The van der Waals surface area contributed by atoms with Crippen LogP contribution in [-0.4, -0.2) is 29.7 Å². The van der Waals surface area contributed by atoms with E-state index >= 15 is 0 Å². The van der Waals surface area contributed by atoms with Gasteiger partial charge in [0, 0.05) is 9.92 Å². The predicted octanol–water partition coefficient (Wildman–Crippen LogP) is 4.25. The summed E-state index contributed by atoms with van der Waals surface area (Å²) in [5.41, 5.74) is 0. The van der Waals surface area contributed by atoms with Crippen molar-refractivity contribution in [3.05, 3.63) is 59.6 Å². The van der Waals surface area contributed by atoms with Crippen LogP contribution in [0.3, 0.4) is 0 Å². The summed E-state index contributed by atoms with van der Waals surface area (Å²) in [5.74, 6) is 0.766. The normalized spacial score (nSPS) is 17.4. The Morgan fingerprint density at radius 2 is 1.91 bits per heavy atom. The van der Waals surface area contributed by atoms with Gasteiger partial charge in [-0.2, -0.15) is 0 Å².